The minimum Gasteiger partial charge on any atom is -0.443 e. The van der Waals surface area contributed by atoms with Crippen molar-refractivity contribution in [2.24, 2.45) is 0 Å². The van der Waals surface area contributed by atoms with Crippen LogP contribution >= 0.6 is 23.2 Å². The van der Waals surface area contributed by atoms with Crippen LogP contribution in [0.3, 0.4) is 0 Å². The van der Waals surface area contributed by atoms with Gasteiger partial charge in [-0.2, -0.15) is 0 Å². The minimum absolute atomic E-state index is 0.304. The van der Waals surface area contributed by atoms with E-state index < -0.39 is 42.0 Å². The van der Waals surface area contributed by atoms with E-state index in [0.29, 0.717) is 28.5 Å². The lowest BCUT2D eigenvalue weighted by molar-refractivity contribution is -0.131. The lowest BCUT2D eigenvalue weighted by atomic mass is 9.97. The fraction of sp³-hybridized carbons (Fsp3) is 0.355. The van der Waals surface area contributed by atoms with E-state index in [1.54, 1.807) is 39.0 Å². The molecule has 0 aromatic heterocycles. The molecule has 0 aliphatic carbocycles. The van der Waals surface area contributed by atoms with Crippen molar-refractivity contribution in [3.8, 4) is 0 Å². The lowest BCUT2D eigenvalue weighted by Crippen LogP contribution is -2.45. The molecule has 0 saturated carbocycles. The molecule has 0 radical (unpaired) electrons. The fourth-order valence-electron chi connectivity index (χ4n) is 5.05. The summed E-state index contributed by atoms with van der Waals surface area (Å²) >= 11 is 13.4. The van der Waals surface area contributed by atoms with E-state index in [-0.39, 0.29) is 0 Å². The number of ether oxygens (including phenoxy) is 1. The Morgan fingerprint density at radius 2 is 1.51 bits per heavy atom. The molecular formula is C31H34Cl2N2O4. The standard InChI is InChI=1S/C31H34Cl2N2O4/c1-20(22-14-9-6-10-15-22)34-27(25(36)19-18-21-12-7-5-8-13-21)29(37)35(30(38)39-31(2,3)4)28(34)26-23(32)16-11-17-24(26)33/h5-17,20,25,27-28,36H,18-19H2,1-4H3/t20-,25-,27+,28-/m1/s1. The van der Waals surface area contributed by atoms with E-state index in [2.05, 4.69) is 0 Å². The molecule has 1 aliphatic rings. The number of aliphatic hydroxyl groups is 1. The number of carbonyl (C=O) groups is 2. The zero-order chi connectivity index (χ0) is 28.3. The third-order valence-electron chi connectivity index (χ3n) is 6.85. The maximum Gasteiger partial charge on any atom is 0.418 e. The monoisotopic (exact) mass is 568 g/mol. The quantitative estimate of drug-likeness (QED) is 0.326. The highest BCUT2D eigenvalue weighted by atomic mass is 35.5. The second-order valence-corrected chi connectivity index (χ2v) is 11.6. The zero-order valence-electron chi connectivity index (χ0n) is 22.6. The predicted molar refractivity (Wildman–Crippen MR) is 154 cm³/mol. The summed E-state index contributed by atoms with van der Waals surface area (Å²) in [6, 6.07) is 23.0. The van der Waals surface area contributed by atoms with Gasteiger partial charge in [0, 0.05) is 21.7 Å². The molecule has 0 spiro atoms. The highest BCUT2D eigenvalue weighted by Crippen LogP contribution is 2.47. The van der Waals surface area contributed by atoms with Gasteiger partial charge in [0.15, 0.2) is 0 Å². The van der Waals surface area contributed by atoms with Crippen molar-refractivity contribution < 1.29 is 19.4 Å². The summed E-state index contributed by atoms with van der Waals surface area (Å²) in [5.41, 5.74) is 1.50. The number of aliphatic hydroxyl groups excluding tert-OH is 1. The van der Waals surface area contributed by atoms with Crippen LogP contribution in [0.2, 0.25) is 10.0 Å². The van der Waals surface area contributed by atoms with E-state index in [9.17, 15) is 14.7 Å². The Balaban J connectivity index is 1.84. The average molecular weight is 570 g/mol. The molecule has 1 aliphatic heterocycles. The molecule has 0 unspecified atom stereocenters. The van der Waals surface area contributed by atoms with Crippen molar-refractivity contribution in [1.82, 2.24) is 9.80 Å². The van der Waals surface area contributed by atoms with Crippen molar-refractivity contribution in [1.29, 1.82) is 0 Å². The molecule has 6 nitrogen and oxygen atoms in total. The van der Waals surface area contributed by atoms with Gasteiger partial charge < -0.3 is 9.84 Å². The average Bonchev–Trinajstić information content (AvgIpc) is 3.19. The molecular weight excluding hydrogens is 535 g/mol. The van der Waals surface area contributed by atoms with E-state index in [0.717, 1.165) is 16.0 Å². The van der Waals surface area contributed by atoms with E-state index >= 15 is 0 Å². The van der Waals surface area contributed by atoms with Crippen molar-refractivity contribution in [2.45, 2.75) is 70.5 Å². The molecule has 3 aromatic rings. The van der Waals surface area contributed by atoms with Crippen LogP contribution in [-0.4, -0.2) is 44.7 Å². The summed E-state index contributed by atoms with van der Waals surface area (Å²) in [6.07, 6.45) is -2.04. The highest BCUT2D eigenvalue weighted by molar-refractivity contribution is 6.36. The molecule has 8 heteroatoms. The molecule has 206 valence electrons. The van der Waals surface area contributed by atoms with Gasteiger partial charge in [-0.05, 0) is 63.8 Å². The van der Waals surface area contributed by atoms with Crippen LogP contribution in [0.25, 0.3) is 0 Å². The summed E-state index contributed by atoms with van der Waals surface area (Å²) in [7, 11) is 0. The number of rotatable bonds is 7. The number of halogens is 2. The van der Waals surface area contributed by atoms with Gasteiger partial charge in [0.25, 0.3) is 5.91 Å². The molecule has 4 atom stereocenters. The molecule has 1 fully saturated rings. The minimum atomic E-state index is -1.08. The normalized spacial score (nSPS) is 19.7. The molecule has 1 saturated heterocycles. The molecule has 3 aromatic carbocycles. The second kappa shape index (κ2) is 12.1. The lowest BCUT2D eigenvalue weighted by Gasteiger charge is -2.37. The van der Waals surface area contributed by atoms with Crippen molar-refractivity contribution in [3.05, 3.63) is 106 Å². The van der Waals surface area contributed by atoms with Crippen LogP contribution < -0.4 is 0 Å². The van der Waals surface area contributed by atoms with Crippen LogP contribution in [-0.2, 0) is 16.0 Å². The largest absolute Gasteiger partial charge is 0.443 e. The summed E-state index contributed by atoms with van der Waals surface area (Å²) in [4.78, 5) is 30.7. The molecule has 0 bridgehead atoms. The fourth-order valence-corrected chi connectivity index (χ4v) is 5.64. The third kappa shape index (κ3) is 6.47. The number of amides is 2. The van der Waals surface area contributed by atoms with E-state index in [4.69, 9.17) is 27.9 Å². The summed E-state index contributed by atoms with van der Waals surface area (Å²) in [5, 5.41) is 12.2. The number of carbonyl (C=O) groups excluding carboxylic acids is 2. The predicted octanol–water partition coefficient (Wildman–Crippen LogP) is 7.19. The Bertz CT molecular complexity index is 1280. The first-order chi connectivity index (χ1) is 18.5. The smallest absolute Gasteiger partial charge is 0.418 e. The molecule has 4 rings (SSSR count). The SMILES string of the molecule is C[C@H](c1ccccc1)N1[C@@H]([C@H](O)CCc2ccccc2)C(=O)N(C(=O)OC(C)(C)C)[C@@H]1c1c(Cl)cccc1Cl. The molecule has 39 heavy (non-hydrogen) atoms. The Kier molecular flexibility index (Phi) is 9.02. The number of aryl methyl sites for hydroxylation is 1. The van der Waals surface area contributed by atoms with Gasteiger partial charge in [0.05, 0.1) is 6.10 Å². The van der Waals surface area contributed by atoms with Crippen LogP contribution in [0.4, 0.5) is 4.79 Å². The van der Waals surface area contributed by atoms with Gasteiger partial charge in [-0.15, -0.1) is 0 Å². The zero-order valence-corrected chi connectivity index (χ0v) is 24.1. The summed E-state index contributed by atoms with van der Waals surface area (Å²) in [5.74, 6) is -0.562. The number of hydrogen-bond donors (Lipinski definition) is 1. The Hall–Kier alpha value is -2.90. The Morgan fingerprint density at radius 1 is 0.949 bits per heavy atom. The summed E-state index contributed by atoms with van der Waals surface area (Å²) < 4.78 is 5.69. The third-order valence-corrected chi connectivity index (χ3v) is 7.51. The maximum atomic E-state index is 14.2. The maximum absolute atomic E-state index is 14.2. The highest BCUT2D eigenvalue weighted by Gasteiger charge is 2.55. The van der Waals surface area contributed by atoms with E-state index in [1.165, 1.54) is 0 Å². The molecule has 1 N–H and O–H groups in total. The van der Waals surface area contributed by atoms with Crippen molar-refractivity contribution >= 4 is 35.2 Å². The number of hydrogen-bond acceptors (Lipinski definition) is 5. The van der Waals surface area contributed by atoms with Crippen molar-refractivity contribution in [2.75, 3.05) is 0 Å². The summed E-state index contributed by atoms with van der Waals surface area (Å²) in [6.45, 7) is 7.15. The number of nitrogens with zero attached hydrogens (tertiary/aromatic N) is 2. The van der Waals surface area contributed by atoms with Crippen LogP contribution in [0.1, 0.15) is 63.0 Å². The first kappa shape index (κ1) is 29.1. The number of imide groups is 1. The van der Waals surface area contributed by atoms with Gasteiger partial charge in [-0.1, -0.05) is 89.9 Å². The van der Waals surface area contributed by atoms with Gasteiger partial charge in [0.2, 0.25) is 0 Å². The Morgan fingerprint density at radius 3 is 2.08 bits per heavy atom. The van der Waals surface area contributed by atoms with Crippen LogP contribution in [0.15, 0.2) is 78.9 Å². The van der Waals surface area contributed by atoms with Gasteiger partial charge in [0.1, 0.15) is 17.8 Å². The van der Waals surface area contributed by atoms with Crippen molar-refractivity contribution in [3.63, 3.8) is 0 Å². The molecule has 2 amide bonds. The van der Waals surface area contributed by atoms with E-state index in [1.807, 2.05) is 72.5 Å². The van der Waals surface area contributed by atoms with Gasteiger partial charge in [-0.25, -0.2) is 9.69 Å². The Labute approximate surface area is 240 Å². The molecule has 1 heterocycles. The second-order valence-electron chi connectivity index (χ2n) is 10.8. The van der Waals surface area contributed by atoms with Crippen LogP contribution in [0, 0.1) is 0 Å². The topological polar surface area (TPSA) is 70.1 Å². The van der Waals surface area contributed by atoms with Gasteiger partial charge >= 0.3 is 6.09 Å². The van der Waals surface area contributed by atoms with Gasteiger partial charge in [-0.3, -0.25) is 9.69 Å². The number of benzene rings is 3. The first-order valence-corrected chi connectivity index (χ1v) is 13.8. The van der Waals surface area contributed by atoms with Crippen LogP contribution in [0.5, 0.6) is 0 Å². The first-order valence-electron chi connectivity index (χ1n) is 13.0.